The van der Waals surface area contributed by atoms with E-state index in [1.165, 1.54) is 11.3 Å². The first kappa shape index (κ1) is 23.8. The van der Waals surface area contributed by atoms with E-state index >= 15 is 0 Å². The lowest BCUT2D eigenvalue weighted by atomic mass is 10.1. The molecule has 0 fully saturated rings. The molecule has 8 heteroatoms. The monoisotopic (exact) mass is 534 g/mol. The Morgan fingerprint density at radius 3 is 2.50 bits per heavy atom. The molecular weight excluding hydrogens is 512 g/mol. The van der Waals surface area contributed by atoms with Gasteiger partial charge in [-0.3, -0.25) is 10.1 Å². The van der Waals surface area contributed by atoms with Gasteiger partial charge in [-0.25, -0.2) is 9.67 Å². The Morgan fingerprint density at radius 1 is 1.03 bits per heavy atom. The Hall–Kier alpha value is -3.36. The highest BCUT2D eigenvalue weighted by Gasteiger charge is 2.15. The minimum Gasteiger partial charge on any atom is -0.258 e. The van der Waals surface area contributed by atoms with E-state index in [2.05, 4.69) is 34.1 Å². The molecule has 1 heterocycles. The molecule has 0 atom stereocenters. The third kappa shape index (κ3) is 4.93. The van der Waals surface area contributed by atoms with Crippen LogP contribution in [0.2, 0.25) is 0 Å². The Labute approximate surface area is 210 Å². The van der Waals surface area contributed by atoms with E-state index in [1.54, 1.807) is 19.1 Å². The van der Waals surface area contributed by atoms with Gasteiger partial charge in [-0.05, 0) is 51.0 Å². The van der Waals surface area contributed by atoms with E-state index in [0.717, 1.165) is 32.5 Å². The van der Waals surface area contributed by atoms with Gasteiger partial charge in [0.25, 0.3) is 5.69 Å². The lowest BCUT2D eigenvalue weighted by Gasteiger charge is -2.09. The molecule has 0 saturated carbocycles. The maximum Gasteiger partial charge on any atom is 0.272 e. The summed E-state index contributed by atoms with van der Waals surface area (Å²) < 4.78 is 2.76. The molecule has 0 bridgehead atoms. The number of rotatable bonds is 5. The molecule has 4 rings (SSSR count). The van der Waals surface area contributed by atoms with Crippen LogP contribution >= 0.6 is 27.3 Å². The number of hydrogen-bond donors (Lipinski definition) is 0. The number of nitro groups is 1. The average Bonchev–Trinajstić information content (AvgIpc) is 3.18. The van der Waals surface area contributed by atoms with E-state index in [9.17, 15) is 10.1 Å². The summed E-state index contributed by atoms with van der Waals surface area (Å²) >= 11 is 5.14. The highest BCUT2D eigenvalue weighted by atomic mass is 79.9. The molecule has 0 amide bonds. The van der Waals surface area contributed by atoms with Gasteiger partial charge >= 0.3 is 0 Å². The number of benzene rings is 3. The molecule has 4 aromatic rings. The zero-order valence-corrected chi connectivity index (χ0v) is 21.6. The maximum absolute atomic E-state index is 11.4. The summed E-state index contributed by atoms with van der Waals surface area (Å²) in [5.41, 5.74) is 6.97. The molecule has 0 radical (unpaired) electrons. The molecule has 6 nitrogen and oxygen atoms in total. The first-order chi connectivity index (χ1) is 16.2. The van der Waals surface area contributed by atoms with Crippen LogP contribution in [-0.4, -0.2) is 15.3 Å². The van der Waals surface area contributed by atoms with E-state index in [1.807, 2.05) is 61.2 Å². The first-order valence-electron chi connectivity index (χ1n) is 10.6. The summed E-state index contributed by atoms with van der Waals surface area (Å²) in [5, 5.41) is 18.4. The van der Waals surface area contributed by atoms with Crippen molar-refractivity contribution in [2.24, 2.45) is 10.1 Å². The van der Waals surface area contributed by atoms with E-state index in [-0.39, 0.29) is 10.6 Å². The first-order valence-corrected chi connectivity index (χ1v) is 12.3. The number of thiazole rings is 1. The van der Waals surface area contributed by atoms with E-state index in [0.29, 0.717) is 21.6 Å². The molecule has 1 aromatic heterocycles. The van der Waals surface area contributed by atoms with Gasteiger partial charge in [-0.15, -0.1) is 11.3 Å². The molecule has 3 aromatic carbocycles. The molecule has 0 aliphatic rings. The number of hydrogen-bond acceptors (Lipinski definition) is 5. The molecular formula is C26H23BrN4O2S. The zero-order valence-electron chi connectivity index (χ0n) is 19.2. The smallest absolute Gasteiger partial charge is 0.258 e. The van der Waals surface area contributed by atoms with Gasteiger partial charge in [-0.1, -0.05) is 58.4 Å². The Bertz CT molecular complexity index is 1500. The summed E-state index contributed by atoms with van der Waals surface area (Å²) in [6, 6.07) is 19.3. The average molecular weight is 535 g/mol. The highest BCUT2D eigenvalue weighted by molar-refractivity contribution is 9.10. The summed E-state index contributed by atoms with van der Waals surface area (Å²) in [6.07, 6.45) is 0. The molecule has 172 valence electrons. The molecule has 0 spiro atoms. The zero-order chi connectivity index (χ0) is 24.4. The van der Waals surface area contributed by atoms with Crippen molar-refractivity contribution in [1.29, 1.82) is 0 Å². The summed E-state index contributed by atoms with van der Waals surface area (Å²) in [6.45, 7) is 7.66. The normalized spacial score (nSPS) is 12.3. The van der Waals surface area contributed by atoms with Crippen molar-refractivity contribution in [2.45, 2.75) is 27.7 Å². The number of nitro benzene ring substituents is 1. The summed E-state index contributed by atoms with van der Waals surface area (Å²) in [4.78, 5) is 16.7. The van der Waals surface area contributed by atoms with Gasteiger partial charge in [0.2, 0.25) is 4.80 Å². The predicted octanol–water partition coefficient (Wildman–Crippen LogP) is 7.32. The SMILES string of the molecule is CC(=Nn1c(-c2ccccc2Br)csc1=Nc1cc(C)ccc1C)c1ccc(C)c([N+](=O)[O-])c1. The predicted molar refractivity (Wildman–Crippen MR) is 142 cm³/mol. The van der Waals surface area contributed by atoms with Gasteiger partial charge in [0, 0.05) is 32.6 Å². The molecule has 0 aliphatic heterocycles. The van der Waals surface area contributed by atoms with Gasteiger partial charge < -0.3 is 0 Å². The van der Waals surface area contributed by atoms with Crippen LogP contribution in [0.4, 0.5) is 11.4 Å². The van der Waals surface area contributed by atoms with Crippen LogP contribution in [-0.2, 0) is 0 Å². The number of aromatic nitrogens is 1. The Balaban J connectivity index is 1.94. The van der Waals surface area contributed by atoms with Crippen LogP contribution in [0.5, 0.6) is 0 Å². The van der Waals surface area contributed by atoms with Crippen molar-refractivity contribution in [3.05, 3.63) is 108 Å². The van der Waals surface area contributed by atoms with Gasteiger partial charge in [0.15, 0.2) is 0 Å². The van der Waals surface area contributed by atoms with Crippen molar-refractivity contribution >= 4 is 44.4 Å². The van der Waals surface area contributed by atoms with Crippen molar-refractivity contribution in [2.75, 3.05) is 0 Å². The van der Waals surface area contributed by atoms with Gasteiger partial charge in [-0.2, -0.15) is 5.10 Å². The fraction of sp³-hybridized carbons (Fsp3) is 0.154. The molecule has 0 saturated heterocycles. The van der Waals surface area contributed by atoms with Crippen LogP contribution in [0.25, 0.3) is 11.3 Å². The van der Waals surface area contributed by atoms with Crippen LogP contribution in [0, 0.1) is 30.9 Å². The topological polar surface area (TPSA) is 72.8 Å². The van der Waals surface area contributed by atoms with Crippen molar-refractivity contribution < 1.29 is 4.92 Å². The van der Waals surface area contributed by atoms with Crippen LogP contribution in [0.1, 0.15) is 29.2 Å². The third-order valence-electron chi connectivity index (χ3n) is 5.49. The lowest BCUT2D eigenvalue weighted by molar-refractivity contribution is -0.385. The number of nitrogens with zero attached hydrogens (tertiary/aromatic N) is 4. The fourth-order valence-corrected chi connectivity index (χ4v) is 4.83. The number of halogens is 1. The van der Waals surface area contributed by atoms with Crippen LogP contribution in [0.3, 0.4) is 0 Å². The quantitative estimate of drug-likeness (QED) is 0.153. The van der Waals surface area contributed by atoms with Gasteiger partial charge in [0.05, 0.1) is 22.0 Å². The molecule has 0 unspecified atom stereocenters. The molecule has 34 heavy (non-hydrogen) atoms. The highest BCUT2D eigenvalue weighted by Crippen LogP contribution is 2.29. The largest absolute Gasteiger partial charge is 0.272 e. The second-order valence-electron chi connectivity index (χ2n) is 8.04. The summed E-state index contributed by atoms with van der Waals surface area (Å²) in [7, 11) is 0. The minimum absolute atomic E-state index is 0.0775. The second-order valence-corrected chi connectivity index (χ2v) is 9.73. The van der Waals surface area contributed by atoms with Gasteiger partial charge in [0.1, 0.15) is 0 Å². The molecule has 0 N–H and O–H groups in total. The Kier molecular flexibility index (Phi) is 6.90. The van der Waals surface area contributed by atoms with E-state index in [4.69, 9.17) is 10.1 Å². The third-order valence-corrected chi connectivity index (χ3v) is 7.00. The van der Waals surface area contributed by atoms with Crippen LogP contribution < -0.4 is 4.80 Å². The van der Waals surface area contributed by atoms with Crippen molar-refractivity contribution in [1.82, 2.24) is 4.68 Å². The molecule has 0 aliphatic carbocycles. The fourth-order valence-electron chi connectivity index (χ4n) is 3.51. The maximum atomic E-state index is 11.4. The lowest BCUT2D eigenvalue weighted by Crippen LogP contribution is -2.14. The number of aryl methyl sites for hydroxylation is 3. The van der Waals surface area contributed by atoms with Crippen molar-refractivity contribution in [3.63, 3.8) is 0 Å². The Morgan fingerprint density at radius 2 is 1.76 bits per heavy atom. The summed E-state index contributed by atoms with van der Waals surface area (Å²) in [5.74, 6) is 0. The van der Waals surface area contributed by atoms with Crippen LogP contribution in [0.15, 0.2) is 80.6 Å². The van der Waals surface area contributed by atoms with Crippen molar-refractivity contribution in [3.8, 4) is 11.3 Å². The standard InChI is InChI=1S/C26H23BrN4O2S/c1-16-9-10-17(2)23(13-16)28-26-30(25(15-34-26)21-7-5-6-8-22(21)27)29-19(4)20-12-11-18(3)24(14-20)31(32)33/h5-15H,1-4H3. The van der Waals surface area contributed by atoms with E-state index < -0.39 is 0 Å². The second kappa shape index (κ2) is 9.87. The minimum atomic E-state index is -0.363.